The Morgan fingerprint density at radius 3 is 2.59 bits per heavy atom. The van der Waals surface area contributed by atoms with Gasteiger partial charge in [0.1, 0.15) is 13.2 Å². The quantitative estimate of drug-likeness (QED) is 0.600. The van der Waals surface area contributed by atoms with Gasteiger partial charge in [-0.3, -0.25) is 4.79 Å². The first-order valence-corrected chi connectivity index (χ1v) is 5.83. The lowest BCUT2D eigenvalue weighted by Gasteiger charge is -2.30. The summed E-state index contributed by atoms with van der Waals surface area (Å²) < 4.78 is 4.69. The number of carbonyl (C=O) groups is 2. The van der Waals surface area contributed by atoms with E-state index in [1.807, 2.05) is 0 Å². The summed E-state index contributed by atoms with van der Waals surface area (Å²) >= 11 is 0. The van der Waals surface area contributed by atoms with Gasteiger partial charge in [-0.1, -0.05) is 12.8 Å². The summed E-state index contributed by atoms with van der Waals surface area (Å²) in [5.74, 6) is -1.31. The second kappa shape index (κ2) is 7.24. The minimum absolute atomic E-state index is 0.0188. The van der Waals surface area contributed by atoms with Gasteiger partial charge in [0.25, 0.3) is 0 Å². The third-order valence-corrected chi connectivity index (χ3v) is 2.95. The standard InChI is InChI=1S/C11H19NO5/c13-5-8-3-1-2-4-9(8)12-10(14)6-17-7-11(15)16/h8-9,13H,1-7H2,(H,12,14)(H,15,16). The molecule has 0 aromatic rings. The number of nitrogens with one attached hydrogen (secondary N) is 1. The maximum atomic E-state index is 11.4. The number of aliphatic carboxylic acids is 1. The van der Waals surface area contributed by atoms with Crippen LogP contribution in [0.3, 0.4) is 0 Å². The molecule has 0 radical (unpaired) electrons. The van der Waals surface area contributed by atoms with E-state index in [0.717, 1.165) is 25.7 Å². The van der Waals surface area contributed by atoms with Crippen molar-refractivity contribution in [2.24, 2.45) is 5.92 Å². The first-order chi connectivity index (χ1) is 8.13. The van der Waals surface area contributed by atoms with Crippen LogP contribution in [0, 0.1) is 5.92 Å². The van der Waals surface area contributed by atoms with Gasteiger partial charge < -0.3 is 20.3 Å². The molecular formula is C11H19NO5. The molecule has 2 atom stereocenters. The van der Waals surface area contributed by atoms with E-state index in [-0.39, 0.29) is 31.1 Å². The fraction of sp³-hybridized carbons (Fsp3) is 0.818. The summed E-state index contributed by atoms with van der Waals surface area (Å²) in [6.07, 6.45) is 3.89. The number of amides is 1. The highest BCUT2D eigenvalue weighted by molar-refractivity contribution is 5.78. The molecule has 0 spiro atoms. The fourth-order valence-electron chi connectivity index (χ4n) is 2.10. The minimum Gasteiger partial charge on any atom is -0.480 e. The average Bonchev–Trinajstić information content (AvgIpc) is 2.29. The van der Waals surface area contributed by atoms with Crippen molar-refractivity contribution in [2.45, 2.75) is 31.7 Å². The van der Waals surface area contributed by atoms with Gasteiger partial charge in [-0.25, -0.2) is 4.79 Å². The molecule has 2 unspecified atom stereocenters. The lowest BCUT2D eigenvalue weighted by molar-refractivity contribution is -0.143. The molecule has 0 aromatic heterocycles. The van der Waals surface area contributed by atoms with E-state index in [0.29, 0.717) is 0 Å². The summed E-state index contributed by atoms with van der Waals surface area (Å²) in [7, 11) is 0. The Morgan fingerprint density at radius 1 is 1.24 bits per heavy atom. The Morgan fingerprint density at radius 2 is 1.94 bits per heavy atom. The van der Waals surface area contributed by atoms with Gasteiger partial charge in [0.15, 0.2) is 0 Å². The van der Waals surface area contributed by atoms with Gasteiger partial charge in [-0.05, 0) is 12.8 Å². The van der Waals surface area contributed by atoms with Crippen molar-refractivity contribution in [3.63, 3.8) is 0 Å². The first kappa shape index (κ1) is 13.9. The lowest BCUT2D eigenvalue weighted by Crippen LogP contribution is -2.44. The lowest BCUT2D eigenvalue weighted by atomic mass is 9.85. The molecule has 0 bridgehead atoms. The van der Waals surface area contributed by atoms with Crippen LogP contribution in [0.5, 0.6) is 0 Å². The van der Waals surface area contributed by atoms with Crippen molar-refractivity contribution in [3.05, 3.63) is 0 Å². The molecule has 1 saturated carbocycles. The number of carboxylic acid groups (broad SMARTS) is 1. The molecule has 17 heavy (non-hydrogen) atoms. The Balaban J connectivity index is 2.26. The van der Waals surface area contributed by atoms with Gasteiger partial charge in [-0.15, -0.1) is 0 Å². The second-order valence-electron chi connectivity index (χ2n) is 4.29. The van der Waals surface area contributed by atoms with E-state index in [1.165, 1.54) is 0 Å². The molecule has 1 fully saturated rings. The maximum absolute atomic E-state index is 11.4. The van der Waals surface area contributed by atoms with Crippen LogP contribution in [-0.2, 0) is 14.3 Å². The van der Waals surface area contributed by atoms with Crippen LogP contribution in [-0.4, -0.2) is 48.0 Å². The summed E-state index contributed by atoms with van der Waals surface area (Å²) in [4.78, 5) is 21.6. The maximum Gasteiger partial charge on any atom is 0.329 e. The van der Waals surface area contributed by atoms with Crippen molar-refractivity contribution in [1.29, 1.82) is 0 Å². The fourth-order valence-corrected chi connectivity index (χ4v) is 2.10. The number of carbonyl (C=O) groups excluding carboxylic acids is 1. The minimum atomic E-state index is -1.09. The molecule has 1 aliphatic rings. The third kappa shape index (κ3) is 5.14. The van der Waals surface area contributed by atoms with E-state index in [9.17, 15) is 9.59 Å². The van der Waals surface area contributed by atoms with Crippen LogP contribution in [0.4, 0.5) is 0 Å². The van der Waals surface area contributed by atoms with E-state index in [2.05, 4.69) is 5.32 Å². The number of aliphatic hydroxyl groups is 1. The van der Waals surface area contributed by atoms with Crippen LogP contribution >= 0.6 is 0 Å². The van der Waals surface area contributed by atoms with Crippen molar-refractivity contribution >= 4 is 11.9 Å². The molecule has 6 heteroatoms. The van der Waals surface area contributed by atoms with Crippen molar-refractivity contribution in [2.75, 3.05) is 19.8 Å². The summed E-state index contributed by atoms with van der Waals surface area (Å²) in [5.41, 5.74) is 0. The molecule has 98 valence electrons. The number of aliphatic hydroxyl groups excluding tert-OH is 1. The van der Waals surface area contributed by atoms with Crippen LogP contribution < -0.4 is 5.32 Å². The molecule has 0 heterocycles. The second-order valence-corrected chi connectivity index (χ2v) is 4.29. The predicted octanol–water partition coefficient (Wildman–Crippen LogP) is -0.245. The molecule has 0 aromatic carbocycles. The molecule has 0 saturated heterocycles. The van der Waals surface area contributed by atoms with E-state index in [1.54, 1.807) is 0 Å². The van der Waals surface area contributed by atoms with Gasteiger partial charge in [0.2, 0.25) is 5.91 Å². The number of ether oxygens (including phenoxy) is 1. The monoisotopic (exact) mass is 245 g/mol. The normalized spacial score (nSPS) is 24.3. The highest BCUT2D eigenvalue weighted by Gasteiger charge is 2.25. The van der Waals surface area contributed by atoms with Crippen molar-refractivity contribution < 1.29 is 24.5 Å². The van der Waals surface area contributed by atoms with Gasteiger partial charge in [0.05, 0.1) is 0 Å². The van der Waals surface area contributed by atoms with Crippen LogP contribution in [0.15, 0.2) is 0 Å². The number of carboxylic acids is 1. The Hall–Kier alpha value is -1.14. The molecule has 3 N–H and O–H groups in total. The number of hydrogen-bond acceptors (Lipinski definition) is 4. The zero-order chi connectivity index (χ0) is 12.7. The van der Waals surface area contributed by atoms with Gasteiger partial charge in [0, 0.05) is 18.6 Å². The summed E-state index contributed by atoms with van der Waals surface area (Å²) in [6.45, 7) is -0.649. The zero-order valence-corrected chi connectivity index (χ0v) is 9.72. The molecular weight excluding hydrogens is 226 g/mol. The number of rotatable bonds is 6. The molecule has 6 nitrogen and oxygen atoms in total. The van der Waals surface area contributed by atoms with Crippen molar-refractivity contribution in [1.82, 2.24) is 5.32 Å². The van der Waals surface area contributed by atoms with E-state index >= 15 is 0 Å². The third-order valence-electron chi connectivity index (χ3n) is 2.95. The SMILES string of the molecule is O=C(O)COCC(=O)NC1CCCCC1CO. The predicted molar refractivity (Wildman–Crippen MR) is 59.4 cm³/mol. The van der Waals surface area contributed by atoms with E-state index < -0.39 is 12.6 Å². The zero-order valence-electron chi connectivity index (χ0n) is 9.72. The largest absolute Gasteiger partial charge is 0.480 e. The van der Waals surface area contributed by atoms with Gasteiger partial charge >= 0.3 is 5.97 Å². The molecule has 1 aliphatic carbocycles. The molecule has 0 aliphatic heterocycles. The van der Waals surface area contributed by atoms with Crippen LogP contribution in [0.25, 0.3) is 0 Å². The molecule has 1 amide bonds. The topological polar surface area (TPSA) is 95.9 Å². The summed E-state index contributed by atoms with van der Waals surface area (Å²) in [6, 6.07) is -0.0188. The van der Waals surface area contributed by atoms with Crippen LogP contribution in [0.1, 0.15) is 25.7 Å². The van der Waals surface area contributed by atoms with Crippen LogP contribution in [0.2, 0.25) is 0 Å². The molecule has 1 rings (SSSR count). The Kier molecular flexibility index (Phi) is 5.93. The highest BCUT2D eigenvalue weighted by atomic mass is 16.5. The van der Waals surface area contributed by atoms with Crippen molar-refractivity contribution in [3.8, 4) is 0 Å². The smallest absolute Gasteiger partial charge is 0.329 e. The highest BCUT2D eigenvalue weighted by Crippen LogP contribution is 2.23. The first-order valence-electron chi connectivity index (χ1n) is 5.83. The number of hydrogen-bond donors (Lipinski definition) is 3. The Labute approximate surface area is 100.0 Å². The average molecular weight is 245 g/mol. The van der Waals surface area contributed by atoms with Gasteiger partial charge in [-0.2, -0.15) is 0 Å². The Bertz CT molecular complexity index is 269. The van der Waals surface area contributed by atoms with E-state index in [4.69, 9.17) is 14.9 Å². The summed E-state index contributed by atoms with van der Waals surface area (Å²) in [5, 5.41) is 20.3.